The third kappa shape index (κ3) is 3.57. The van der Waals surface area contributed by atoms with E-state index >= 15 is 0 Å². The van der Waals surface area contributed by atoms with E-state index in [9.17, 15) is 12.8 Å². The van der Waals surface area contributed by atoms with E-state index in [-0.39, 0.29) is 11.6 Å². The van der Waals surface area contributed by atoms with Crippen LogP contribution in [0, 0.1) is 19.7 Å². The van der Waals surface area contributed by atoms with E-state index < -0.39 is 10.0 Å². The summed E-state index contributed by atoms with van der Waals surface area (Å²) in [7, 11) is -3.51. The first-order valence-corrected chi connectivity index (χ1v) is 7.84. The Morgan fingerprint density at radius 2 is 1.70 bits per heavy atom. The van der Waals surface area contributed by atoms with Crippen molar-refractivity contribution in [2.24, 2.45) is 0 Å². The van der Waals surface area contributed by atoms with Gasteiger partial charge in [-0.2, -0.15) is 0 Å². The Bertz CT molecular complexity index is 709. The van der Waals surface area contributed by atoms with Crippen LogP contribution in [0.25, 0.3) is 0 Å². The average Bonchev–Trinajstić information content (AvgIpc) is 2.37. The van der Waals surface area contributed by atoms with Crippen molar-refractivity contribution in [1.82, 2.24) is 0 Å². The smallest absolute Gasteiger partial charge is 0.236 e. The zero-order chi connectivity index (χ0) is 14.8. The van der Waals surface area contributed by atoms with E-state index in [4.69, 9.17) is 0 Å². The minimum atomic E-state index is -3.51. The van der Waals surface area contributed by atoms with Crippen LogP contribution in [0.3, 0.4) is 0 Å². The molecule has 0 saturated heterocycles. The summed E-state index contributed by atoms with van der Waals surface area (Å²) in [5.74, 6) is -0.561. The summed E-state index contributed by atoms with van der Waals surface area (Å²) in [6, 6.07) is 10.9. The molecule has 0 aromatic heterocycles. The lowest BCUT2D eigenvalue weighted by atomic mass is 10.1. The SMILES string of the molecule is Cc1cccc(NS(=O)(=O)Cc2ccc(F)cc2)c1C. The van der Waals surface area contributed by atoms with Gasteiger partial charge in [0.15, 0.2) is 0 Å². The van der Waals surface area contributed by atoms with Gasteiger partial charge in [0.25, 0.3) is 0 Å². The molecule has 5 heteroatoms. The number of hydrogen-bond acceptors (Lipinski definition) is 2. The molecule has 0 saturated carbocycles. The highest BCUT2D eigenvalue weighted by molar-refractivity contribution is 7.91. The number of anilines is 1. The minimum absolute atomic E-state index is 0.180. The minimum Gasteiger partial charge on any atom is -0.283 e. The van der Waals surface area contributed by atoms with Gasteiger partial charge in [0.1, 0.15) is 5.82 Å². The van der Waals surface area contributed by atoms with Crippen LogP contribution in [0.15, 0.2) is 42.5 Å². The van der Waals surface area contributed by atoms with E-state index in [1.54, 1.807) is 12.1 Å². The summed E-state index contributed by atoms with van der Waals surface area (Å²) in [4.78, 5) is 0. The zero-order valence-corrected chi connectivity index (χ0v) is 12.2. The number of halogens is 1. The van der Waals surface area contributed by atoms with Gasteiger partial charge in [0.2, 0.25) is 10.0 Å². The first-order valence-electron chi connectivity index (χ1n) is 6.18. The van der Waals surface area contributed by atoms with Crippen molar-refractivity contribution < 1.29 is 12.8 Å². The van der Waals surface area contributed by atoms with Crippen LogP contribution in [0.1, 0.15) is 16.7 Å². The second-order valence-corrected chi connectivity index (χ2v) is 6.46. The lowest BCUT2D eigenvalue weighted by Crippen LogP contribution is -2.16. The second-order valence-electron chi connectivity index (χ2n) is 4.74. The normalized spacial score (nSPS) is 11.3. The van der Waals surface area contributed by atoms with Crippen LogP contribution in [-0.4, -0.2) is 8.42 Å². The molecule has 0 heterocycles. The van der Waals surface area contributed by atoms with Gasteiger partial charge in [-0.05, 0) is 48.7 Å². The quantitative estimate of drug-likeness (QED) is 0.939. The fourth-order valence-electron chi connectivity index (χ4n) is 1.87. The van der Waals surface area contributed by atoms with Gasteiger partial charge in [0.05, 0.1) is 11.4 Å². The van der Waals surface area contributed by atoms with Crippen molar-refractivity contribution in [1.29, 1.82) is 0 Å². The molecular formula is C15H16FNO2S. The van der Waals surface area contributed by atoms with Crippen LogP contribution in [-0.2, 0) is 15.8 Å². The molecule has 3 nitrogen and oxygen atoms in total. The Balaban J connectivity index is 2.19. The van der Waals surface area contributed by atoms with Gasteiger partial charge in [0, 0.05) is 0 Å². The fourth-order valence-corrected chi connectivity index (χ4v) is 3.12. The molecular weight excluding hydrogens is 277 g/mol. The monoisotopic (exact) mass is 293 g/mol. The average molecular weight is 293 g/mol. The molecule has 0 spiro atoms. The number of rotatable bonds is 4. The van der Waals surface area contributed by atoms with Crippen LogP contribution in [0.2, 0.25) is 0 Å². The second kappa shape index (κ2) is 5.63. The maximum Gasteiger partial charge on any atom is 0.236 e. The predicted molar refractivity (Wildman–Crippen MR) is 78.6 cm³/mol. The predicted octanol–water partition coefficient (Wildman–Crippen LogP) is 3.38. The molecule has 2 aromatic rings. The Kier molecular flexibility index (Phi) is 4.09. The Morgan fingerprint density at radius 3 is 2.35 bits per heavy atom. The van der Waals surface area contributed by atoms with E-state index in [2.05, 4.69) is 4.72 Å². The molecule has 0 aliphatic heterocycles. The van der Waals surface area contributed by atoms with Crippen molar-refractivity contribution in [2.45, 2.75) is 19.6 Å². The number of nitrogens with one attached hydrogen (secondary N) is 1. The highest BCUT2D eigenvalue weighted by Gasteiger charge is 2.13. The first kappa shape index (κ1) is 14.5. The molecule has 0 radical (unpaired) electrons. The summed E-state index contributed by atoms with van der Waals surface area (Å²) >= 11 is 0. The molecule has 0 atom stereocenters. The molecule has 0 unspecified atom stereocenters. The first-order chi connectivity index (χ1) is 9.37. The number of aryl methyl sites for hydroxylation is 1. The lowest BCUT2D eigenvalue weighted by Gasteiger charge is -2.12. The van der Waals surface area contributed by atoms with Crippen molar-refractivity contribution in [3.05, 3.63) is 65.0 Å². The third-order valence-electron chi connectivity index (χ3n) is 3.14. The molecule has 0 bridgehead atoms. The van der Waals surface area contributed by atoms with Crippen molar-refractivity contribution in [3.63, 3.8) is 0 Å². The number of sulfonamides is 1. The van der Waals surface area contributed by atoms with Crippen LogP contribution in [0.5, 0.6) is 0 Å². The summed E-state index contributed by atoms with van der Waals surface area (Å²) in [6.07, 6.45) is 0. The van der Waals surface area contributed by atoms with E-state index in [0.29, 0.717) is 11.3 Å². The molecule has 20 heavy (non-hydrogen) atoms. The van der Waals surface area contributed by atoms with Gasteiger partial charge < -0.3 is 0 Å². The standard InChI is InChI=1S/C15H16FNO2S/c1-11-4-3-5-15(12(11)2)17-20(18,19)10-13-6-8-14(16)9-7-13/h3-9,17H,10H2,1-2H3. The Labute approximate surface area is 118 Å². The van der Waals surface area contributed by atoms with Gasteiger partial charge in [-0.25, -0.2) is 12.8 Å². The highest BCUT2D eigenvalue weighted by atomic mass is 32.2. The van der Waals surface area contributed by atoms with E-state index in [0.717, 1.165) is 11.1 Å². The van der Waals surface area contributed by atoms with Crippen molar-refractivity contribution in [3.8, 4) is 0 Å². The summed E-state index contributed by atoms with van der Waals surface area (Å²) in [5.41, 5.74) is 3.04. The molecule has 0 amide bonds. The molecule has 0 fully saturated rings. The third-order valence-corrected chi connectivity index (χ3v) is 4.38. The highest BCUT2D eigenvalue weighted by Crippen LogP contribution is 2.20. The van der Waals surface area contributed by atoms with E-state index in [1.165, 1.54) is 24.3 Å². The molecule has 106 valence electrons. The van der Waals surface area contributed by atoms with Crippen LogP contribution >= 0.6 is 0 Å². The summed E-state index contributed by atoms with van der Waals surface area (Å²) in [5, 5.41) is 0. The molecule has 2 aromatic carbocycles. The van der Waals surface area contributed by atoms with Gasteiger partial charge in [-0.1, -0.05) is 24.3 Å². The van der Waals surface area contributed by atoms with Gasteiger partial charge >= 0.3 is 0 Å². The van der Waals surface area contributed by atoms with Gasteiger partial charge in [-0.15, -0.1) is 0 Å². The molecule has 2 rings (SSSR count). The summed E-state index contributed by atoms with van der Waals surface area (Å²) < 4.78 is 39.6. The maximum absolute atomic E-state index is 12.8. The van der Waals surface area contributed by atoms with Gasteiger partial charge in [-0.3, -0.25) is 4.72 Å². The number of hydrogen-bond donors (Lipinski definition) is 1. The fraction of sp³-hybridized carbons (Fsp3) is 0.200. The Hall–Kier alpha value is -1.88. The molecule has 1 N–H and O–H groups in total. The largest absolute Gasteiger partial charge is 0.283 e. The molecule has 0 aliphatic carbocycles. The Morgan fingerprint density at radius 1 is 1.05 bits per heavy atom. The van der Waals surface area contributed by atoms with Crippen molar-refractivity contribution in [2.75, 3.05) is 4.72 Å². The summed E-state index contributed by atoms with van der Waals surface area (Å²) in [6.45, 7) is 3.79. The molecule has 0 aliphatic rings. The number of benzene rings is 2. The van der Waals surface area contributed by atoms with Crippen LogP contribution in [0.4, 0.5) is 10.1 Å². The topological polar surface area (TPSA) is 46.2 Å². The maximum atomic E-state index is 12.8. The lowest BCUT2D eigenvalue weighted by molar-refractivity contribution is 0.600. The van der Waals surface area contributed by atoms with E-state index in [1.807, 2.05) is 19.9 Å². The van der Waals surface area contributed by atoms with Crippen LogP contribution < -0.4 is 4.72 Å². The van der Waals surface area contributed by atoms with Crippen molar-refractivity contribution >= 4 is 15.7 Å². The zero-order valence-electron chi connectivity index (χ0n) is 11.4.